The first-order valence-corrected chi connectivity index (χ1v) is 6.86. The summed E-state index contributed by atoms with van der Waals surface area (Å²) in [7, 11) is 0. The van der Waals surface area contributed by atoms with Crippen LogP contribution in [0.3, 0.4) is 0 Å². The fraction of sp³-hybridized carbons (Fsp3) is 0.308. The Morgan fingerprint density at radius 1 is 1.50 bits per heavy atom. The number of fused-ring (bicyclic) bond motifs is 1. The number of nitro benzene ring substituents is 1. The van der Waals surface area contributed by atoms with Crippen LogP contribution in [-0.4, -0.2) is 26.4 Å². The lowest BCUT2D eigenvalue weighted by atomic mass is 10.2. The van der Waals surface area contributed by atoms with Gasteiger partial charge in [0.1, 0.15) is 5.82 Å². The van der Waals surface area contributed by atoms with E-state index in [2.05, 4.69) is 4.98 Å². The molecule has 0 aliphatic rings. The van der Waals surface area contributed by atoms with Gasteiger partial charge in [-0.2, -0.15) is 0 Å². The summed E-state index contributed by atoms with van der Waals surface area (Å²) >= 11 is 1.12. The van der Waals surface area contributed by atoms with Crippen molar-refractivity contribution in [3.63, 3.8) is 0 Å². The van der Waals surface area contributed by atoms with Gasteiger partial charge >= 0.3 is 0 Å². The van der Waals surface area contributed by atoms with E-state index >= 15 is 0 Å². The Balaban J connectivity index is 2.64. The quantitative estimate of drug-likeness (QED) is 0.533. The van der Waals surface area contributed by atoms with Gasteiger partial charge in [0.05, 0.1) is 32.9 Å². The fourth-order valence-electron chi connectivity index (χ4n) is 1.72. The molecule has 0 radical (unpaired) electrons. The molecule has 5 nitrogen and oxygen atoms in total. The van der Waals surface area contributed by atoms with Crippen molar-refractivity contribution in [2.24, 2.45) is 0 Å². The molecule has 0 aliphatic heterocycles. The van der Waals surface area contributed by atoms with Gasteiger partial charge in [-0.3, -0.25) is 15.1 Å². The third-order valence-electron chi connectivity index (χ3n) is 2.96. The van der Waals surface area contributed by atoms with E-state index in [1.54, 1.807) is 19.9 Å². The van der Waals surface area contributed by atoms with E-state index in [0.29, 0.717) is 5.39 Å². The average molecular weight is 296 g/mol. The monoisotopic (exact) mass is 296 g/mol. The molecule has 2 unspecified atom stereocenters. The van der Waals surface area contributed by atoms with Gasteiger partial charge in [-0.05, 0) is 19.1 Å². The molecule has 1 N–H and O–H groups in total. The lowest BCUT2D eigenvalue weighted by molar-refractivity contribution is -0.383. The molecule has 1 aromatic carbocycles. The van der Waals surface area contributed by atoms with Gasteiger partial charge in [-0.1, -0.05) is 6.92 Å². The summed E-state index contributed by atoms with van der Waals surface area (Å²) in [5.41, 5.74) is -0.0589. The minimum Gasteiger partial charge on any atom is -0.392 e. The number of rotatable bonds is 4. The molecule has 1 heterocycles. The SMILES string of the molecule is CC(O)C(C)Sc1c(F)cc([N+](=O)[O-])c2cccnc12. The Hall–Kier alpha value is -1.73. The van der Waals surface area contributed by atoms with Crippen LogP contribution < -0.4 is 0 Å². The molecule has 106 valence electrons. The van der Waals surface area contributed by atoms with E-state index in [-0.39, 0.29) is 21.3 Å². The lowest BCUT2D eigenvalue weighted by Gasteiger charge is -2.15. The van der Waals surface area contributed by atoms with Crippen LogP contribution >= 0.6 is 11.8 Å². The number of benzene rings is 1. The molecule has 0 saturated heterocycles. The zero-order valence-electron chi connectivity index (χ0n) is 10.9. The summed E-state index contributed by atoms with van der Waals surface area (Å²) < 4.78 is 14.1. The van der Waals surface area contributed by atoms with Gasteiger partial charge in [-0.15, -0.1) is 11.8 Å². The summed E-state index contributed by atoms with van der Waals surface area (Å²) in [6.07, 6.45) is 0.830. The van der Waals surface area contributed by atoms with E-state index in [0.717, 1.165) is 17.8 Å². The summed E-state index contributed by atoms with van der Waals surface area (Å²) in [4.78, 5) is 14.6. The molecule has 0 amide bonds. The number of non-ortho nitro benzene ring substituents is 1. The molecule has 1 aromatic heterocycles. The number of hydrogen-bond donors (Lipinski definition) is 1. The van der Waals surface area contributed by atoms with E-state index in [1.807, 2.05) is 0 Å². The van der Waals surface area contributed by atoms with Crippen LogP contribution in [0.25, 0.3) is 10.9 Å². The number of nitro groups is 1. The number of pyridine rings is 1. The minimum atomic E-state index is -0.694. The van der Waals surface area contributed by atoms with Crippen LogP contribution in [-0.2, 0) is 0 Å². The number of halogens is 1. The molecular weight excluding hydrogens is 283 g/mol. The highest BCUT2D eigenvalue weighted by Crippen LogP contribution is 2.37. The van der Waals surface area contributed by atoms with Gasteiger partial charge in [0, 0.05) is 11.4 Å². The van der Waals surface area contributed by atoms with Crippen LogP contribution in [0.5, 0.6) is 0 Å². The molecule has 0 spiro atoms. The topological polar surface area (TPSA) is 76.3 Å². The number of aliphatic hydroxyl groups is 1. The molecule has 0 fully saturated rings. The molecule has 2 aromatic rings. The van der Waals surface area contributed by atoms with E-state index in [1.165, 1.54) is 12.3 Å². The number of thioether (sulfide) groups is 1. The Morgan fingerprint density at radius 3 is 2.80 bits per heavy atom. The van der Waals surface area contributed by atoms with Crippen molar-refractivity contribution in [1.29, 1.82) is 0 Å². The predicted molar refractivity (Wildman–Crippen MR) is 75.4 cm³/mol. The largest absolute Gasteiger partial charge is 0.392 e. The van der Waals surface area contributed by atoms with Gasteiger partial charge < -0.3 is 5.11 Å². The van der Waals surface area contributed by atoms with Gasteiger partial charge in [0.15, 0.2) is 0 Å². The molecule has 0 aliphatic carbocycles. The Bertz CT molecular complexity index is 663. The standard InChI is InChI=1S/C13H13FN2O3S/c1-7(17)8(2)20-13-10(14)6-11(16(18)19)9-4-3-5-15-12(9)13/h3-8,17H,1-2H3. The van der Waals surface area contributed by atoms with Gasteiger partial charge in [0.25, 0.3) is 5.69 Å². The van der Waals surface area contributed by atoms with E-state index in [4.69, 9.17) is 0 Å². The second-order valence-corrected chi connectivity index (χ2v) is 5.81. The molecule has 2 rings (SSSR count). The molecule has 0 saturated carbocycles. The van der Waals surface area contributed by atoms with Crippen LogP contribution in [0.15, 0.2) is 29.3 Å². The van der Waals surface area contributed by atoms with Crippen LogP contribution in [0.2, 0.25) is 0 Å². The van der Waals surface area contributed by atoms with Crippen LogP contribution in [0, 0.1) is 15.9 Å². The third-order valence-corrected chi connectivity index (χ3v) is 4.35. The van der Waals surface area contributed by atoms with Crippen molar-refractivity contribution in [3.05, 3.63) is 40.3 Å². The van der Waals surface area contributed by atoms with Crippen LogP contribution in [0.4, 0.5) is 10.1 Å². The first kappa shape index (κ1) is 14.7. The second-order valence-electron chi connectivity index (χ2n) is 4.43. The Labute approximate surface area is 119 Å². The van der Waals surface area contributed by atoms with Crippen molar-refractivity contribution < 1.29 is 14.4 Å². The van der Waals surface area contributed by atoms with Gasteiger partial charge in [0.2, 0.25) is 0 Å². The van der Waals surface area contributed by atoms with Crippen molar-refractivity contribution in [2.45, 2.75) is 30.1 Å². The molecule has 2 atom stereocenters. The lowest BCUT2D eigenvalue weighted by Crippen LogP contribution is -2.15. The fourth-order valence-corrected chi connectivity index (χ4v) is 2.73. The third kappa shape index (κ3) is 2.73. The summed E-state index contributed by atoms with van der Waals surface area (Å²) in [5.74, 6) is -0.694. The smallest absolute Gasteiger partial charge is 0.281 e. The number of hydrogen-bond acceptors (Lipinski definition) is 5. The molecule has 20 heavy (non-hydrogen) atoms. The van der Waals surface area contributed by atoms with Crippen molar-refractivity contribution in [1.82, 2.24) is 4.98 Å². The van der Waals surface area contributed by atoms with Crippen molar-refractivity contribution >= 4 is 28.4 Å². The highest BCUT2D eigenvalue weighted by atomic mass is 32.2. The first-order chi connectivity index (χ1) is 9.41. The molecular formula is C13H13FN2O3S. The Morgan fingerprint density at radius 2 is 2.20 bits per heavy atom. The maximum atomic E-state index is 14.1. The molecule has 7 heteroatoms. The highest BCUT2D eigenvalue weighted by Gasteiger charge is 2.22. The summed E-state index contributed by atoms with van der Waals surface area (Å²) in [6.45, 7) is 3.36. The highest BCUT2D eigenvalue weighted by molar-refractivity contribution is 8.00. The maximum absolute atomic E-state index is 14.1. The zero-order valence-corrected chi connectivity index (χ0v) is 11.7. The van der Waals surface area contributed by atoms with Crippen LogP contribution in [0.1, 0.15) is 13.8 Å². The Kier molecular flexibility index (Phi) is 4.20. The summed E-state index contributed by atoms with van der Waals surface area (Å²) in [6, 6.07) is 4.01. The van der Waals surface area contributed by atoms with E-state index in [9.17, 15) is 19.6 Å². The predicted octanol–water partition coefficient (Wildman–Crippen LogP) is 3.14. The minimum absolute atomic E-state index is 0.222. The van der Waals surface area contributed by atoms with Crippen molar-refractivity contribution in [2.75, 3.05) is 0 Å². The normalized spacial score (nSPS) is 14.2. The second kappa shape index (κ2) is 5.72. The number of aromatic nitrogens is 1. The molecule has 0 bridgehead atoms. The first-order valence-electron chi connectivity index (χ1n) is 5.98. The number of nitrogens with zero attached hydrogens (tertiary/aromatic N) is 2. The average Bonchev–Trinajstić information content (AvgIpc) is 2.40. The summed E-state index contributed by atoms with van der Waals surface area (Å²) in [5, 5.41) is 20.5. The maximum Gasteiger partial charge on any atom is 0.281 e. The van der Waals surface area contributed by atoms with Gasteiger partial charge in [-0.25, -0.2) is 4.39 Å². The van der Waals surface area contributed by atoms with Crippen molar-refractivity contribution in [3.8, 4) is 0 Å². The van der Waals surface area contributed by atoms with E-state index < -0.39 is 16.8 Å². The number of aliphatic hydroxyl groups excluding tert-OH is 1. The zero-order chi connectivity index (χ0) is 14.9.